The molecule has 0 unspecified atom stereocenters. The van der Waals surface area contributed by atoms with Crippen molar-refractivity contribution in [2.75, 3.05) is 26.1 Å². The van der Waals surface area contributed by atoms with Crippen LogP contribution in [0.25, 0.3) is 0 Å². The number of nitrogens with one attached hydrogen (secondary N) is 1. The highest BCUT2D eigenvalue weighted by Gasteiger charge is 2.14. The molecule has 6 heteroatoms. The molecule has 0 saturated carbocycles. The van der Waals surface area contributed by atoms with Gasteiger partial charge in [-0.2, -0.15) is 0 Å². The second-order valence-electron chi connectivity index (χ2n) is 5.72. The Labute approximate surface area is 152 Å². The summed E-state index contributed by atoms with van der Waals surface area (Å²) in [7, 11) is 3.01. The van der Waals surface area contributed by atoms with Gasteiger partial charge >= 0.3 is 0 Å². The average Bonchev–Trinajstić information content (AvgIpc) is 2.61. The van der Waals surface area contributed by atoms with Crippen LogP contribution in [0.4, 0.5) is 5.69 Å². The molecule has 2 aromatic rings. The van der Waals surface area contributed by atoms with E-state index in [1.165, 1.54) is 14.2 Å². The van der Waals surface area contributed by atoms with Crippen molar-refractivity contribution in [1.82, 2.24) is 0 Å². The summed E-state index contributed by atoms with van der Waals surface area (Å²) >= 11 is 6.06. The molecule has 0 radical (unpaired) electrons. The Morgan fingerprint density at radius 1 is 1.08 bits per heavy atom. The highest BCUT2D eigenvalue weighted by Crippen LogP contribution is 2.35. The van der Waals surface area contributed by atoms with Gasteiger partial charge in [0.1, 0.15) is 17.2 Å². The highest BCUT2D eigenvalue weighted by atomic mass is 35.5. The summed E-state index contributed by atoms with van der Waals surface area (Å²) in [4.78, 5) is 12.3. The summed E-state index contributed by atoms with van der Waals surface area (Å²) in [6.07, 6.45) is 0. The predicted molar refractivity (Wildman–Crippen MR) is 99.2 cm³/mol. The van der Waals surface area contributed by atoms with Gasteiger partial charge in [0.25, 0.3) is 5.91 Å². The van der Waals surface area contributed by atoms with Crippen LogP contribution in [0.5, 0.6) is 17.2 Å². The molecule has 134 valence electrons. The minimum absolute atomic E-state index is 0.113. The van der Waals surface area contributed by atoms with Crippen LogP contribution in [0.1, 0.15) is 25.3 Å². The lowest BCUT2D eigenvalue weighted by Crippen LogP contribution is -2.21. The molecule has 1 N–H and O–H groups in total. The van der Waals surface area contributed by atoms with E-state index in [1.54, 1.807) is 12.1 Å². The normalized spacial score (nSPS) is 10.5. The SMILES string of the molecule is COc1cc(NC(=O)COc2ccccc2C(C)C)c(OC)cc1Cl. The maximum atomic E-state index is 12.3. The lowest BCUT2D eigenvalue weighted by atomic mass is 10.0. The second-order valence-corrected chi connectivity index (χ2v) is 6.12. The minimum Gasteiger partial charge on any atom is -0.495 e. The largest absolute Gasteiger partial charge is 0.495 e. The fourth-order valence-electron chi connectivity index (χ4n) is 2.38. The van der Waals surface area contributed by atoms with Gasteiger partial charge in [-0.1, -0.05) is 43.6 Å². The van der Waals surface area contributed by atoms with E-state index in [0.29, 0.717) is 33.9 Å². The Balaban J connectivity index is 2.08. The first-order valence-electron chi connectivity index (χ1n) is 7.89. The monoisotopic (exact) mass is 363 g/mol. The summed E-state index contributed by atoms with van der Waals surface area (Å²) in [6.45, 7) is 4.04. The van der Waals surface area contributed by atoms with E-state index < -0.39 is 0 Å². The van der Waals surface area contributed by atoms with Crippen LogP contribution in [0.15, 0.2) is 36.4 Å². The Hall–Kier alpha value is -2.40. The number of anilines is 1. The molecule has 0 aromatic heterocycles. The van der Waals surface area contributed by atoms with Crippen LogP contribution in [0.3, 0.4) is 0 Å². The number of ether oxygens (including phenoxy) is 3. The number of carbonyl (C=O) groups is 1. The van der Waals surface area contributed by atoms with Gasteiger partial charge in [0.15, 0.2) is 6.61 Å². The van der Waals surface area contributed by atoms with Gasteiger partial charge in [0.05, 0.1) is 24.9 Å². The third kappa shape index (κ3) is 4.79. The second kappa shape index (κ2) is 8.62. The number of methoxy groups -OCH3 is 2. The molecule has 0 spiro atoms. The van der Waals surface area contributed by atoms with E-state index in [9.17, 15) is 4.79 Å². The molecule has 0 saturated heterocycles. The Morgan fingerprint density at radius 2 is 1.76 bits per heavy atom. The average molecular weight is 364 g/mol. The first-order valence-corrected chi connectivity index (χ1v) is 8.27. The van der Waals surface area contributed by atoms with Crippen molar-refractivity contribution in [2.24, 2.45) is 0 Å². The molecular weight excluding hydrogens is 342 g/mol. The van der Waals surface area contributed by atoms with Gasteiger partial charge in [-0.25, -0.2) is 0 Å². The number of halogens is 1. The Morgan fingerprint density at radius 3 is 2.40 bits per heavy atom. The number of carbonyl (C=O) groups excluding carboxylic acids is 1. The third-order valence-corrected chi connectivity index (χ3v) is 3.94. The fourth-order valence-corrected chi connectivity index (χ4v) is 2.61. The van der Waals surface area contributed by atoms with E-state index >= 15 is 0 Å². The van der Waals surface area contributed by atoms with Crippen LogP contribution < -0.4 is 19.5 Å². The van der Waals surface area contributed by atoms with Crippen LogP contribution >= 0.6 is 11.6 Å². The molecule has 0 fully saturated rings. The quantitative estimate of drug-likeness (QED) is 0.787. The van der Waals surface area contributed by atoms with Gasteiger partial charge in [-0.3, -0.25) is 4.79 Å². The van der Waals surface area contributed by atoms with Gasteiger partial charge in [0.2, 0.25) is 0 Å². The van der Waals surface area contributed by atoms with Crippen molar-refractivity contribution in [3.05, 3.63) is 47.0 Å². The van der Waals surface area contributed by atoms with Crippen molar-refractivity contribution in [2.45, 2.75) is 19.8 Å². The maximum absolute atomic E-state index is 12.3. The van der Waals surface area contributed by atoms with E-state index in [1.807, 2.05) is 24.3 Å². The van der Waals surface area contributed by atoms with E-state index in [2.05, 4.69) is 19.2 Å². The lowest BCUT2D eigenvalue weighted by molar-refractivity contribution is -0.118. The fraction of sp³-hybridized carbons (Fsp3) is 0.316. The number of hydrogen-bond donors (Lipinski definition) is 1. The van der Waals surface area contributed by atoms with E-state index in [-0.39, 0.29) is 12.5 Å². The zero-order valence-corrected chi connectivity index (χ0v) is 15.5. The van der Waals surface area contributed by atoms with Gasteiger partial charge in [-0.15, -0.1) is 0 Å². The zero-order valence-electron chi connectivity index (χ0n) is 14.8. The van der Waals surface area contributed by atoms with Crippen LogP contribution in [-0.4, -0.2) is 26.7 Å². The standard InChI is InChI=1S/C19H22ClNO4/c1-12(2)13-7-5-6-8-16(13)25-11-19(22)21-15-10-17(23-3)14(20)9-18(15)24-4/h5-10,12H,11H2,1-4H3,(H,21,22). The van der Waals surface area contributed by atoms with Crippen LogP contribution in [-0.2, 0) is 4.79 Å². The van der Waals surface area contributed by atoms with Crippen molar-refractivity contribution in [3.8, 4) is 17.2 Å². The van der Waals surface area contributed by atoms with Crippen LogP contribution in [0, 0.1) is 0 Å². The predicted octanol–water partition coefficient (Wildman–Crippen LogP) is 4.50. The van der Waals surface area contributed by atoms with Gasteiger partial charge in [0, 0.05) is 12.1 Å². The molecule has 0 atom stereocenters. The highest BCUT2D eigenvalue weighted by molar-refractivity contribution is 6.32. The van der Waals surface area contributed by atoms with Crippen molar-refractivity contribution in [1.29, 1.82) is 0 Å². The number of hydrogen-bond acceptors (Lipinski definition) is 4. The topological polar surface area (TPSA) is 56.8 Å². The molecule has 0 aliphatic heterocycles. The molecule has 25 heavy (non-hydrogen) atoms. The molecule has 1 amide bonds. The third-order valence-electron chi connectivity index (χ3n) is 3.65. The molecule has 2 rings (SSSR count). The summed E-state index contributed by atoms with van der Waals surface area (Å²) in [6, 6.07) is 10.9. The molecule has 2 aromatic carbocycles. The number of benzene rings is 2. The Bertz CT molecular complexity index is 746. The summed E-state index contributed by atoms with van der Waals surface area (Å²) in [5, 5.41) is 3.16. The van der Waals surface area contributed by atoms with Gasteiger partial charge in [-0.05, 0) is 17.5 Å². The number of amides is 1. The number of rotatable bonds is 7. The Kier molecular flexibility index (Phi) is 6.53. The first-order chi connectivity index (χ1) is 12.0. The van der Waals surface area contributed by atoms with Gasteiger partial charge < -0.3 is 19.5 Å². The van der Waals surface area contributed by atoms with Crippen molar-refractivity contribution in [3.63, 3.8) is 0 Å². The maximum Gasteiger partial charge on any atom is 0.262 e. The molecule has 0 aliphatic carbocycles. The zero-order chi connectivity index (χ0) is 18.4. The minimum atomic E-state index is -0.304. The molecule has 0 heterocycles. The molecule has 5 nitrogen and oxygen atoms in total. The van der Waals surface area contributed by atoms with E-state index in [4.69, 9.17) is 25.8 Å². The molecule has 0 bridgehead atoms. The van der Waals surface area contributed by atoms with Crippen LogP contribution in [0.2, 0.25) is 5.02 Å². The first kappa shape index (κ1) is 18.9. The van der Waals surface area contributed by atoms with Crippen molar-refractivity contribution < 1.29 is 19.0 Å². The summed E-state index contributed by atoms with van der Waals surface area (Å²) in [5.74, 6) is 1.60. The lowest BCUT2D eigenvalue weighted by Gasteiger charge is -2.15. The van der Waals surface area contributed by atoms with E-state index in [0.717, 1.165) is 5.56 Å². The summed E-state index contributed by atoms with van der Waals surface area (Å²) in [5.41, 5.74) is 1.52. The smallest absolute Gasteiger partial charge is 0.262 e. The summed E-state index contributed by atoms with van der Waals surface area (Å²) < 4.78 is 16.1. The molecular formula is C19H22ClNO4. The van der Waals surface area contributed by atoms with Crippen molar-refractivity contribution >= 4 is 23.2 Å². The molecule has 0 aliphatic rings. The number of para-hydroxylation sites is 1.